The lowest BCUT2D eigenvalue weighted by atomic mass is 9.70. The highest BCUT2D eigenvalue weighted by molar-refractivity contribution is 6.25. The quantitative estimate of drug-likeness (QED) is 0.173. The Morgan fingerprint density at radius 1 is 0.324 bits per heavy atom. The summed E-state index contributed by atoms with van der Waals surface area (Å²) in [7, 11) is 0. The number of allylic oxidation sites excluding steroid dienone is 1. The molecule has 0 fully saturated rings. The molecule has 0 saturated carbocycles. The smallest absolute Gasteiger partial charge is 0.238 e. The van der Waals surface area contributed by atoms with E-state index in [4.69, 9.17) is 19.9 Å². The molecule has 4 heterocycles. The Morgan fingerprint density at radius 3 is 1.14 bits per heavy atom. The Kier molecular flexibility index (Phi) is 12.0. The molecule has 7 nitrogen and oxygen atoms in total. The van der Waals surface area contributed by atoms with E-state index < -0.39 is 10.8 Å². The lowest BCUT2D eigenvalue weighted by molar-refractivity contribution is 0.652. The Labute approximate surface area is 589 Å². The van der Waals surface area contributed by atoms with Gasteiger partial charge >= 0.3 is 0 Å². The van der Waals surface area contributed by atoms with Gasteiger partial charge in [-0.3, -0.25) is 9.13 Å². The third kappa shape index (κ3) is 7.58. The number of fused-ring (bicyclic) bond motifs is 28. The molecule has 1 unspecified atom stereocenters. The molecular formula is C95H61N7. The first-order valence-corrected chi connectivity index (χ1v) is 35.5. The van der Waals surface area contributed by atoms with E-state index in [0.29, 0.717) is 17.6 Å². The molecule has 1 atom stereocenters. The fourth-order valence-corrected chi connectivity index (χ4v) is 18.8. The Balaban J connectivity index is 0.826. The number of rotatable bonds is 7. The van der Waals surface area contributed by atoms with Gasteiger partial charge in [-0.05, 0) is 131 Å². The maximum absolute atomic E-state index is 5.96. The van der Waals surface area contributed by atoms with Crippen molar-refractivity contribution in [3.8, 4) is 84.4 Å². The molecule has 14 aromatic carbocycles. The van der Waals surface area contributed by atoms with Crippen LogP contribution in [0, 0.1) is 0 Å². The van der Waals surface area contributed by atoms with Crippen molar-refractivity contribution >= 4 is 55.1 Å². The molecule has 0 bridgehead atoms. The minimum atomic E-state index is -0.578. The molecule has 4 aliphatic carbocycles. The standard InChI is InChI=1S/C95H61N7/c1-2-63-86(57-27-7-3-8-28-57)96-89(58-29-9-4-10-30-58)98-92(63)101-82-53-47-61(55-72(82)68-49-51-80-84(87(68)101)70-39-19-25-45-78(70)94(80)74-41-21-15-35-64(74)65-36-16-22-42-75(65)94)62-48-54-83-73(56-62)69-50-52-81-85(71-40-20-26-46-79(71)95(81)76-43-23-17-37-66(76)67-38-18-24-44-77(67)95)88(69)102(83)93-99-90(59-31-11-5-12-32-59)97-91(100-93)60-33-13-6-14-34-60/h3-56,89,96H,2H2,1H3. The summed E-state index contributed by atoms with van der Waals surface area (Å²) in [6.45, 7) is 2.28. The second-order valence-electron chi connectivity index (χ2n) is 27.7. The number of aromatic nitrogens is 5. The van der Waals surface area contributed by atoms with Gasteiger partial charge in [0.15, 0.2) is 11.6 Å². The van der Waals surface area contributed by atoms with Gasteiger partial charge in [0.1, 0.15) is 12.0 Å². The van der Waals surface area contributed by atoms with E-state index in [0.717, 1.165) is 95.1 Å². The Morgan fingerprint density at radius 2 is 0.696 bits per heavy atom. The van der Waals surface area contributed by atoms with Crippen LogP contribution in [0.15, 0.2) is 338 Å². The van der Waals surface area contributed by atoms with Crippen LogP contribution in [0.4, 0.5) is 0 Å². The van der Waals surface area contributed by atoms with Gasteiger partial charge in [0, 0.05) is 49.4 Å². The molecule has 3 aromatic heterocycles. The minimum absolute atomic E-state index is 0.367. The fraction of sp³-hybridized carbons (Fsp3) is 0.0526. The number of hydrogen-bond donors (Lipinski definition) is 1. The fourth-order valence-electron chi connectivity index (χ4n) is 18.8. The van der Waals surface area contributed by atoms with Crippen molar-refractivity contribution in [2.45, 2.75) is 30.3 Å². The summed E-state index contributed by atoms with van der Waals surface area (Å²) in [6, 6.07) is 121. The second-order valence-corrected chi connectivity index (χ2v) is 27.7. The van der Waals surface area contributed by atoms with Crippen LogP contribution in [0.25, 0.3) is 134 Å². The zero-order chi connectivity index (χ0) is 66.9. The molecule has 1 aliphatic heterocycles. The van der Waals surface area contributed by atoms with E-state index in [2.05, 4.69) is 337 Å². The number of hydrogen-bond acceptors (Lipinski definition) is 5. The van der Waals surface area contributed by atoms with Gasteiger partial charge in [0.05, 0.1) is 38.6 Å². The van der Waals surface area contributed by atoms with Gasteiger partial charge < -0.3 is 5.32 Å². The van der Waals surface area contributed by atoms with Crippen molar-refractivity contribution in [3.63, 3.8) is 0 Å². The van der Waals surface area contributed by atoms with Crippen molar-refractivity contribution in [3.05, 3.63) is 389 Å². The highest BCUT2D eigenvalue weighted by Crippen LogP contribution is 2.66. The third-order valence-corrected chi connectivity index (χ3v) is 22.8. The van der Waals surface area contributed by atoms with E-state index in [1.54, 1.807) is 0 Å². The van der Waals surface area contributed by atoms with E-state index >= 15 is 0 Å². The van der Waals surface area contributed by atoms with Crippen molar-refractivity contribution in [2.24, 2.45) is 4.99 Å². The van der Waals surface area contributed by atoms with Gasteiger partial charge in [-0.15, -0.1) is 0 Å². The molecule has 0 saturated heterocycles. The molecule has 17 aromatic rings. The van der Waals surface area contributed by atoms with Gasteiger partial charge in [-0.1, -0.05) is 310 Å². The maximum atomic E-state index is 5.96. The van der Waals surface area contributed by atoms with Crippen LogP contribution >= 0.6 is 0 Å². The van der Waals surface area contributed by atoms with E-state index in [-0.39, 0.29) is 6.17 Å². The van der Waals surface area contributed by atoms with Crippen LogP contribution in [-0.2, 0) is 10.8 Å². The molecule has 2 spiro atoms. The first-order valence-electron chi connectivity index (χ1n) is 35.5. The van der Waals surface area contributed by atoms with Crippen LogP contribution in [0.5, 0.6) is 0 Å². The predicted molar refractivity (Wildman–Crippen MR) is 415 cm³/mol. The van der Waals surface area contributed by atoms with Crippen LogP contribution in [0.1, 0.15) is 75.1 Å². The summed E-state index contributed by atoms with van der Waals surface area (Å²) in [5, 5.41) is 8.53. The summed E-state index contributed by atoms with van der Waals surface area (Å²) in [4.78, 5) is 22.3. The zero-order valence-electron chi connectivity index (χ0n) is 55.6. The molecule has 22 rings (SSSR count). The second kappa shape index (κ2) is 21.5. The molecule has 102 heavy (non-hydrogen) atoms. The first kappa shape index (κ1) is 56.9. The number of benzene rings is 14. The zero-order valence-corrected chi connectivity index (χ0v) is 55.6. The third-order valence-electron chi connectivity index (χ3n) is 22.8. The van der Waals surface area contributed by atoms with Crippen molar-refractivity contribution in [1.82, 2.24) is 29.4 Å². The molecule has 5 aliphatic rings. The average molecular weight is 1300 g/mol. The van der Waals surface area contributed by atoms with E-state index in [9.17, 15) is 0 Å². The summed E-state index contributed by atoms with van der Waals surface area (Å²) in [5.41, 5.74) is 31.9. The number of nitrogens with one attached hydrogen (secondary N) is 1. The maximum Gasteiger partial charge on any atom is 0.238 e. The molecular weight excluding hydrogens is 1240 g/mol. The predicted octanol–water partition coefficient (Wildman–Crippen LogP) is 22.1. The molecule has 1 N–H and O–H groups in total. The monoisotopic (exact) mass is 1300 g/mol. The molecule has 7 heteroatoms. The van der Waals surface area contributed by atoms with Gasteiger partial charge in [0.25, 0.3) is 0 Å². The Hall–Kier alpha value is -13.1. The van der Waals surface area contributed by atoms with Gasteiger partial charge in [0.2, 0.25) is 5.95 Å². The molecule has 0 amide bonds. The Bertz CT molecular complexity index is 6370. The lowest BCUT2D eigenvalue weighted by Gasteiger charge is -2.31. The highest BCUT2D eigenvalue weighted by Gasteiger charge is 2.54. The number of nitrogens with zero attached hydrogens (tertiary/aromatic N) is 6. The molecule has 476 valence electrons. The van der Waals surface area contributed by atoms with E-state index in [1.807, 2.05) is 12.1 Å². The largest absolute Gasteiger partial charge is 0.359 e. The molecule has 0 radical (unpaired) electrons. The normalized spacial score (nSPS) is 15.1. The van der Waals surface area contributed by atoms with Gasteiger partial charge in [-0.25, -0.2) is 9.98 Å². The summed E-state index contributed by atoms with van der Waals surface area (Å²) in [5.74, 6) is 2.70. The summed E-state index contributed by atoms with van der Waals surface area (Å²) < 4.78 is 4.91. The summed E-state index contributed by atoms with van der Waals surface area (Å²) in [6.07, 6.45) is 0.372. The lowest BCUT2D eigenvalue weighted by Crippen LogP contribution is -2.31. The van der Waals surface area contributed by atoms with Crippen LogP contribution in [0.3, 0.4) is 0 Å². The topological polar surface area (TPSA) is 72.9 Å². The van der Waals surface area contributed by atoms with Crippen molar-refractivity contribution < 1.29 is 0 Å². The first-order chi connectivity index (χ1) is 50.6. The van der Waals surface area contributed by atoms with Crippen LogP contribution in [0.2, 0.25) is 0 Å². The summed E-state index contributed by atoms with van der Waals surface area (Å²) >= 11 is 0. The van der Waals surface area contributed by atoms with Crippen LogP contribution < -0.4 is 5.32 Å². The van der Waals surface area contributed by atoms with Crippen molar-refractivity contribution in [2.75, 3.05) is 0 Å². The number of aliphatic imine (C=N–C) groups is 1. The van der Waals surface area contributed by atoms with Crippen LogP contribution in [-0.4, -0.2) is 29.9 Å². The van der Waals surface area contributed by atoms with E-state index in [1.165, 1.54) is 94.4 Å². The SMILES string of the molecule is CCC1=C(c2ccccc2)NC(c2ccccc2)N=C1n1c2ccc(-c3ccc4c(c3)c3ccc5c(c3n4-c3nc(-c4ccccc4)nc(-c4ccccc4)n3)-c3ccccc3C53c4ccccc4-c4ccccc43)cc2c2ccc3c(c21)-c1ccccc1C31c2ccccc2-c2ccccc21. The van der Waals surface area contributed by atoms with Gasteiger partial charge in [-0.2, -0.15) is 9.97 Å². The minimum Gasteiger partial charge on any atom is -0.359 e. The van der Waals surface area contributed by atoms with Crippen molar-refractivity contribution in [1.29, 1.82) is 0 Å². The highest BCUT2D eigenvalue weighted by atomic mass is 15.2. The average Bonchev–Trinajstić information content (AvgIpc) is 1.50.